The summed E-state index contributed by atoms with van der Waals surface area (Å²) in [7, 11) is -4.03. The predicted molar refractivity (Wildman–Crippen MR) is 69.2 cm³/mol. The summed E-state index contributed by atoms with van der Waals surface area (Å²) in [5.74, 6) is -0.695. The van der Waals surface area contributed by atoms with Gasteiger partial charge in [-0.05, 0) is 37.6 Å². The van der Waals surface area contributed by atoms with Gasteiger partial charge in [0.15, 0.2) is 4.90 Å². The molecular weight excluding hydrogens is 289 g/mol. The van der Waals surface area contributed by atoms with Crippen molar-refractivity contribution in [3.05, 3.63) is 34.1 Å². The quantitative estimate of drug-likeness (QED) is 0.613. The number of nitro benzene ring substituents is 1. The van der Waals surface area contributed by atoms with E-state index in [0.717, 1.165) is 25.1 Å². The smallest absolute Gasteiger partial charge is 0.292 e. The van der Waals surface area contributed by atoms with Crippen molar-refractivity contribution in [1.82, 2.24) is 10.0 Å². The van der Waals surface area contributed by atoms with E-state index < -0.39 is 31.3 Å². The van der Waals surface area contributed by atoms with E-state index in [1.165, 1.54) is 0 Å². The van der Waals surface area contributed by atoms with Gasteiger partial charge in [-0.1, -0.05) is 0 Å². The normalized spacial score (nSPS) is 19.1. The first-order valence-electron chi connectivity index (χ1n) is 6.04. The number of halogens is 1. The van der Waals surface area contributed by atoms with Gasteiger partial charge in [0.25, 0.3) is 5.69 Å². The summed E-state index contributed by atoms with van der Waals surface area (Å²) in [6.07, 6.45) is 0.841. The molecule has 1 heterocycles. The molecule has 1 aliphatic heterocycles. The Bertz CT molecular complexity index is 614. The molecule has 0 spiro atoms. The molecule has 9 heteroatoms. The first-order valence-corrected chi connectivity index (χ1v) is 7.53. The topological polar surface area (TPSA) is 101 Å². The molecule has 0 amide bonds. The molecule has 0 aliphatic carbocycles. The van der Waals surface area contributed by atoms with Crippen LogP contribution in [0.4, 0.5) is 10.1 Å². The lowest BCUT2D eigenvalue weighted by Crippen LogP contribution is -2.30. The third kappa shape index (κ3) is 3.30. The van der Waals surface area contributed by atoms with Crippen LogP contribution in [0, 0.1) is 21.8 Å². The molecule has 1 saturated heterocycles. The van der Waals surface area contributed by atoms with E-state index in [9.17, 15) is 22.9 Å². The Labute approximate surface area is 115 Å². The monoisotopic (exact) mass is 303 g/mol. The van der Waals surface area contributed by atoms with Gasteiger partial charge < -0.3 is 5.32 Å². The summed E-state index contributed by atoms with van der Waals surface area (Å²) in [6, 6.07) is 2.40. The van der Waals surface area contributed by atoms with Crippen LogP contribution < -0.4 is 10.0 Å². The Morgan fingerprint density at radius 1 is 1.50 bits per heavy atom. The van der Waals surface area contributed by atoms with E-state index in [4.69, 9.17) is 0 Å². The van der Waals surface area contributed by atoms with E-state index in [1.54, 1.807) is 0 Å². The fourth-order valence-electron chi connectivity index (χ4n) is 2.05. The standard InChI is InChI=1S/C11H14FN3O4S/c12-9-1-2-11(10(5-9)15(16)17)20(18,19)14-7-8-3-4-13-6-8/h1-2,5,8,13-14H,3-4,6-7H2. The molecule has 1 fully saturated rings. The average Bonchev–Trinajstić information content (AvgIpc) is 2.89. The second-order valence-electron chi connectivity index (χ2n) is 4.58. The number of nitro groups is 1. The summed E-state index contributed by atoms with van der Waals surface area (Å²) in [4.78, 5) is 9.39. The maximum absolute atomic E-state index is 13.0. The van der Waals surface area contributed by atoms with Crippen molar-refractivity contribution in [2.45, 2.75) is 11.3 Å². The molecule has 0 radical (unpaired) electrons. The zero-order chi connectivity index (χ0) is 14.8. The highest BCUT2D eigenvalue weighted by Crippen LogP contribution is 2.24. The molecule has 1 aromatic carbocycles. The molecule has 20 heavy (non-hydrogen) atoms. The highest BCUT2D eigenvalue weighted by Gasteiger charge is 2.27. The van der Waals surface area contributed by atoms with Crippen molar-refractivity contribution >= 4 is 15.7 Å². The molecule has 1 atom stereocenters. The zero-order valence-electron chi connectivity index (χ0n) is 10.5. The largest absolute Gasteiger partial charge is 0.316 e. The van der Waals surface area contributed by atoms with Crippen LogP contribution in [-0.4, -0.2) is 33.0 Å². The van der Waals surface area contributed by atoms with Crippen LogP contribution in [0.5, 0.6) is 0 Å². The summed E-state index contributed by atoms with van der Waals surface area (Å²) >= 11 is 0. The molecule has 110 valence electrons. The SMILES string of the molecule is O=[N+]([O-])c1cc(F)ccc1S(=O)(=O)NCC1CCNC1. The van der Waals surface area contributed by atoms with Crippen LogP contribution in [0.2, 0.25) is 0 Å². The zero-order valence-corrected chi connectivity index (χ0v) is 11.3. The highest BCUT2D eigenvalue weighted by molar-refractivity contribution is 7.89. The Kier molecular flexibility index (Phi) is 4.31. The summed E-state index contributed by atoms with van der Waals surface area (Å²) in [5.41, 5.74) is -0.762. The van der Waals surface area contributed by atoms with Gasteiger partial charge in [0.2, 0.25) is 10.0 Å². The Morgan fingerprint density at radius 3 is 2.85 bits per heavy atom. The fourth-order valence-corrected chi connectivity index (χ4v) is 3.32. The molecule has 0 saturated carbocycles. The minimum absolute atomic E-state index is 0.157. The fraction of sp³-hybridized carbons (Fsp3) is 0.455. The Morgan fingerprint density at radius 2 is 2.25 bits per heavy atom. The van der Waals surface area contributed by atoms with Gasteiger partial charge in [0.1, 0.15) is 5.82 Å². The minimum Gasteiger partial charge on any atom is -0.316 e. The average molecular weight is 303 g/mol. The molecule has 7 nitrogen and oxygen atoms in total. The molecule has 2 rings (SSSR count). The lowest BCUT2D eigenvalue weighted by atomic mass is 10.1. The van der Waals surface area contributed by atoms with Crippen molar-refractivity contribution in [3.63, 3.8) is 0 Å². The lowest BCUT2D eigenvalue weighted by Gasteiger charge is -2.11. The van der Waals surface area contributed by atoms with Crippen LogP contribution in [0.3, 0.4) is 0 Å². The van der Waals surface area contributed by atoms with Crippen molar-refractivity contribution in [2.75, 3.05) is 19.6 Å². The van der Waals surface area contributed by atoms with Gasteiger partial charge in [-0.2, -0.15) is 0 Å². The van der Waals surface area contributed by atoms with Crippen molar-refractivity contribution < 1.29 is 17.7 Å². The van der Waals surface area contributed by atoms with Gasteiger partial charge in [-0.25, -0.2) is 17.5 Å². The van der Waals surface area contributed by atoms with Crippen LogP contribution in [0.15, 0.2) is 23.1 Å². The van der Waals surface area contributed by atoms with Crippen LogP contribution in [-0.2, 0) is 10.0 Å². The molecule has 0 bridgehead atoms. The highest BCUT2D eigenvalue weighted by atomic mass is 32.2. The lowest BCUT2D eigenvalue weighted by molar-refractivity contribution is -0.388. The second kappa shape index (κ2) is 5.81. The summed E-state index contributed by atoms with van der Waals surface area (Å²) in [5, 5.41) is 13.9. The summed E-state index contributed by atoms with van der Waals surface area (Å²) < 4.78 is 39.5. The van der Waals surface area contributed by atoms with Crippen LogP contribution in [0.25, 0.3) is 0 Å². The Balaban J connectivity index is 2.22. The van der Waals surface area contributed by atoms with Gasteiger partial charge in [0.05, 0.1) is 11.0 Å². The molecule has 1 unspecified atom stereocenters. The first-order chi connectivity index (χ1) is 9.40. The van der Waals surface area contributed by atoms with E-state index >= 15 is 0 Å². The number of benzene rings is 1. The summed E-state index contributed by atoms with van der Waals surface area (Å²) in [6.45, 7) is 1.72. The minimum atomic E-state index is -4.03. The molecule has 0 aromatic heterocycles. The van der Waals surface area contributed by atoms with Crippen LogP contribution in [0.1, 0.15) is 6.42 Å². The number of nitrogens with one attached hydrogen (secondary N) is 2. The predicted octanol–water partition coefficient (Wildman–Crippen LogP) is 0.622. The maximum Gasteiger partial charge on any atom is 0.292 e. The number of nitrogens with zero attached hydrogens (tertiary/aromatic N) is 1. The van der Waals surface area contributed by atoms with E-state index in [1.807, 2.05) is 0 Å². The van der Waals surface area contributed by atoms with Gasteiger partial charge in [0, 0.05) is 6.54 Å². The van der Waals surface area contributed by atoms with E-state index in [2.05, 4.69) is 10.0 Å². The maximum atomic E-state index is 13.0. The number of hydrogen-bond acceptors (Lipinski definition) is 5. The number of rotatable bonds is 5. The first kappa shape index (κ1) is 14.8. The van der Waals surface area contributed by atoms with Gasteiger partial charge in [-0.3, -0.25) is 10.1 Å². The van der Waals surface area contributed by atoms with Crippen molar-refractivity contribution in [3.8, 4) is 0 Å². The van der Waals surface area contributed by atoms with Gasteiger partial charge >= 0.3 is 0 Å². The van der Waals surface area contributed by atoms with Crippen molar-refractivity contribution in [1.29, 1.82) is 0 Å². The van der Waals surface area contributed by atoms with E-state index in [-0.39, 0.29) is 12.5 Å². The van der Waals surface area contributed by atoms with Gasteiger partial charge in [-0.15, -0.1) is 0 Å². The number of sulfonamides is 1. The third-order valence-electron chi connectivity index (χ3n) is 3.13. The van der Waals surface area contributed by atoms with E-state index in [0.29, 0.717) is 12.6 Å². The molecular formula is C11H14FN3O4S. The second-order valence-corrected chi connectivity index (χ2v) is 6.32. The van der Waals surface area contributed by atoms with Crippen molar-refractivity contribution in [2.24, 2.45) is 5.92 Å². The Hall–Kier alpha value is -1.58. The molecule has 1 aliphatic rings. The molecule has 2 N–H and O–H groups in total. The third-order valence-corrected chi connectivity index (χ3v) is 4.60. The molecule has 1 aromatic rings. The van der Waals surface area contributed by atoms with Crippen LogP contribution >= 0.6 is 0 Å². The number of hydrogen-bond donors (Lipinski definition) is 2.